The minimum Gasteiger partial charge on any atom is -0.462 e. The van der Waals surface area contributed by atoms with E-state index in [1.165, 1.54) is 173 Å². The number of allylic oxidation sites excluding steroid dienone is 6. The van der Waals surface area contributed by atoms with Crippen LogP contribution in [0.5, 0.6) is 0 Å². The SMILES string of the molecule is CC/C=C/C=C/C=C/CCCCCCCCCC(=O)OC(CCCCCCCCCCCCCCCC)CC(=O)NC(CO)C(O)CCCCCCCCCCCCCCC. The summed E-state index contributed by atoms with van der Waals surface area (Å²) in [4.78, 5) is 26.2. The molecule has 0 aromatic rings. The van der Waals surface area contributed by atoms with Crippen LogP contribution in [-0.2, 0) is 14.3 Å². The molecule has 0 saturated heterocycles. The zero-order chi connectivity index (χ0) is 44.5. The van der Waals surface area contributed by atoms with E-state index in [-0.39, 0.29) is 24.9 Å². The van der Waals surface area contributed by atoms with Crippen molar-refractivity contribution in [1.82, 2.24) is 5.32 Å². The van der Waals surface area contributed by atoms with Crippen LogP contribution in [0.3, 0.4) is 0 Å². The molecule has 61 heavy (non-hydrogen) atoms. The van der Waals surface area contributed by atoms with Crippen LogP contribution in [0.4, 0.5) is 0 Å². The maximum atomic E-state index is 13.2. The van der Waals surface area contributed by atoms with Gasteiger partial charge < -0.3 is 20.3 Å². The summed E-state index contributed by atoms with van der Waals surface area (Å²) in [5.41, 5.74) is 0. The van der Waals surface area contributed by atoms with Crippen LogP contribution in [0.15, 0.2) is 36.5 Å². The number of amides is 1. The van der Waals surface area contributed by atoms with Crippen molar-refractivity contribution in [3.05, 3.63) is 36.5 Å². The largest absolute Gasteiger partial charge is 0.462 e. The van der Waals surface area contributed by atoms with Crippen LogP contribution < -0.4 is 5.32 Å². The molecule has 0 saturated carbocycles. The second-order valence-corrected chi connectivity index (χ2v) is 18.3. The summed E-state index contributed by atoms with van der Waals surface area (Å²) < 4.78 is 5.94. The van der Waals surface area contributed by atoms with Gasteiger partial charge >= 0.3 is 5.97 Å². The predicted octanol–water partition coefficient (Wildman–Crippen LogP) is 16.1. The average molecular weight is 858 g/mol. The summed E-state index contributed by atoms with van der Waals surface area (Å²) in [6.45, 7) is 6.37. The third-order valence-electron chi connectivity index (χ3n) is 12.3. The maximum Gasteiger partial charge on any atom is 0.306 e. The Kier molecular flexibility index (Phi) is 47.6. The molecule has 6 heteroatoms. The topological polar surface area (TPSA) is 95.9 Å². The van der Waals surface area contributed by atoms with E-state index < -0.39 is 18.2 Å². The lowest BCUT2D eigenvalue weighted by molar-refractivity contribution is -0.151. The van der Waals surface area contributed by atoms with Crippen LogP contribution >= 0.6 is 0 Å². The first-order chi connectivity index (χ1) is 30.0. The summed E-state index contributed by atoms with van der Waals surface area (Å²) in [5.74, 6) is -0.474. The monoisotopic (exact) mass is 858 g/mol. The van der Waals surface area contributed by atoms with Gasteiger partial charge in [0.25, 0.3) is 0 Å². The Morgan fingerprint density at radius 1 is 0.492 bits per heavy atom. The fraction of sp³-hybridized carbons (Fsp3) is 0.855. The number of hydrogen-bond acceptors (Lipinski definition) is 5. The number of hydrogen-bond donors (Lipinski definition) is 3. The van der Waals surface area contributed by atoms with E-state index in [4.69, 9.17) is 4.74 Å². The second-order valence-electron chi connectivity index (χ2n) is 18.3. The fourth-order valence-electron chi connectivity index (χ4n) is 8.26. The van der Waals surface area contributed by atoms with Gasteiger partial charge in [-0.2, -0.15) is 0 Å². The molecule has 6 nitrogen and oxygen atoms in total. The summed E-state index contributed by atoms with van der Waals surface area (Å²) in [6, 6.07) is -0.700. The average Bonchev–Trinajstić information content (AvgIpc) is 3.25. The number of aliphatic hydroxyl groups excluding tert-OH is 2. The molecule has 0 aliphatic rings. The van der Waals surface area contributed by atoms with Crippen molar-refractivity contribution in [2.24, 2.45) is 0 Å². The van der Waals surface area contributed by atoms with E-state index in [2.05, 4.69) is 62.5 Å². The molecule has 0 aromatic heterocycles. The van der Waals surface area contributed by atoms with Crippen molar-refractivity contribution >= 4 is 11.9 Å². The number of carbonyl (C=O) groups excluding carboxylic acids is 2. The Bertz CT molecular complexity index is 1010. The lowest BCUT2D eigenvalue weighted by Gasteiger charge is -2.24. The molecule has 3 unspecified atom stereocenters. The summed E-state index contributed by atoms with van der Waals surface area (Å²) in [6.07, 6.45) is 57.7. The Hall–Kier alpha value is -1.92. The van der Waals surface area contributed by atoms with Crippen LogP contribution in [-0.4, -0.2) is 46.9 Å². The number of carbonyl (C=O) groups is 2. The number of ether oxygens (including phenoxy) is 1. The van der Waals surface area contributed by atoms with Crippen molar-refractivity contribution in [1.29, 1.82) is 0 Å². The summed E-state index contributed by atoms with van der Waals surface area (Å²) in [7, 11) is 0. The lowest BCUT2D eigenvalue weighted by Crippen LogP contribution is -2.46. The van der Waals surface area contributed by atoms with Gasteiger partial charge in [-0.3, -0.25) is 9.59 Å². The Morgan fingerprint density at radius 2 is 0.885 bits per heavy atom. The van der Waals surface area contributed by atoms with Crippen molar-refractivity contribution < 1.29 is 24.5 Å². The minimum atomic E-state index is -0.786. The third kappa shape index (κ3) is 44.5. The molecular formula is C55H103NO5. The predicted molar refractivity (Wildman–Crippen MR) is 264 cm³/mol. The standard InChI is InChI=1S/C55H103NO5/c1-4-7-10-13-16-19-22-25-27-30-33-36-39-42-45-48-55(60)61-51(46-43-40-37-34-31-29-26-23-20-17-14-11-8-5-2)49-54(59)56-52(50-57)53(58)47-44-41-38-35-32-28-24-21-18-15-12-9-6-3/h7,10,13,16,19,22,51-53,57-58H,4-6,8-9,11-12,14-15,17-18,20-21,23-50H2,1-3H3,(H,56,59)/b10-7+,16-13+,22-19+. The Balaban J connectivity index is 4.56. The highest BCUT2D eigenvalue weighted by atomic mass is 16.5. The Morgan fingerprint density at radius 3 is 1.33 bits per heavy atom. The zero-order valence-electron chi connectivity index (χ0n) is 40.8. The zero-order valence-corrected chi connectivity index (χ0v) is 40.8. The van der Waals surface area contributed by atoms with E-state index >= 15 is 0 Å². The smallest absolute Gasteiger partial charge is 0.306 e. The first kappa shape index (κ1) is 59.1. The molecule has 3 N–H and O–H groups in total. The molecule has 1 amide bonds. The molecule has 0 heterocycles. The van der Waals surface area contributed by atoms with Crippen LogP contribution in [0.2, 0.25) is 0 Å². The number of nitrogens with one attached hydrogen (secondary N) is 1. The summed E-state index contributed by atoms with van der Waals surface area (Å²) >= 11 is 0. The van der Waals surface area contributed by atoms with Gasteiger partial charge in [-0.1, -0.05) is 256 Å². The molecule has 0 bridgehead atoms. The van der Waals surface area contributed by atoms with Crippen molar-refractivity contribution in [3.63, 3.8) is 0 Å². The van der Waals surface area contributed by atoms with E-state index in [0.29, 0.717) is 19.3 Å². The van der Waals surface area contributed by atoms with Crippen molar-refractivity contribution in [2.75, 3.05) is 6.61 Å². The number of unbranched alkanes of at least 4 members (excludes halogenated alkanes) is 32. The van der Waals surface area contributed by atoms with Gasteiger partial charge in [0.05, 0.1) is 25.2 Å². The fourth-order valence-corrected chi connectivity index (χ4v) is 8.26. The summed E-state index contributed by atoms with van der Waals surface area (Å²) in [5, 5.41) is 23.8. The molecule has 0 radical (unpaired) electrons. The van der Waals surface area contributed by atoms with E-state index in [1.807, 2.05) is 0 Å². The molecule has 3 atom stereocenters. The van der Waals surface area contributed by atoms with Gasteiger partial charge in [-0.05, 0) is 44.9 Å². The van der Waals surface area contributed by atoms with Crippen molar-refractivity contribution in [2.45, 2.75) is 296 Å². The highest BCUT2D eigenvalue weighted by Gasteiger charge is 2.24. The molecule has 358 valence electrons. The molecule has 0 fully saturated rings. The lowest BCUT2D eigenvalue weighted by atomic mass is 10.0. The van der Waals surface area contributed by atoms with Gasteiger partial charge in [0.2, 0.25) is 5.91 Å². The van der Waals surface area contributed by atoms with E-state index in [0.717, 1.165) is 57.8 Å². The quantitative estimate of drug-likeness (QED) is 0.0322. The molecule has 0 rings (SSSR count). The number of esters is 1. The maximum absolute atomic E-state index is 13.2. The van der Waals surface area contributed by atoms with Crippen molar-refractivity contribution in [3.8, 4) is 0 Å². The first-order valence-electron chi connectivity index (χ1n) is 26.7. The van der Waals surface area contributed by atoms with Gasteiger partial charge in [0.15, 0.2) is 0 Å². The number of rotatable bonds is 48. The van der Waals surface area contributed by atoms with Gasteiger partial charge in [0, 0.05) is 6.42 Å². The van der Waals surface area contributed by atoms with Crippen LogP contribution in [0.1, 0.15) is 278 Å². The van der Waals surface area contributed by atoms with Gasteiger partial charge in [-0.15, -0.1) is 0 Å². The Labute approximate surface area is 379 Å². The normalized spacial score (nSPS) is 13.5. The highest BCUT2D eigenvalue weighted by molar-refractivity contribution is 5.77. The molecular weight excluding hydrogens is 755 g/mol. The van der Waals surface area contributed by atoms with Gasteiger partial charge in [0.1, 0.15) is 6.10 Å². The molecule has 0 spiro atoms. The van der Waals surface area contributed by atoms with Crippen LogP contribution in [0.25, 0.3) is 0 Å². The first-order valence-corrected chi connectivity index (χ1v) is 26.7. The highest BCUT2D eigenvalue weighted by Crippen LogP contribution is 2.19. The van der Waals surface area contributed by atoms with Gasteiger partial charge in [-0.25, -0.2) is 0 Å². The van der Waals surface area contributed by atoms with Crippen LogP contribution in [0, 0.1) is 0 Å². The molecule has 0 aliphatic heterocycles. The minimum absolute atomic E-state index is 0.0769. The molecule has 0 aliphatic carbocycles. The number of aliphatic hydroxyl groups is 2. The third-order valence-corrected chi connectivity index (χ3v) is 12.3. The second kappa shape index (κ2) is 49.1. The molecule has 0 aromatic carbocycles. The van der Waals surface area contributed by atoms with E-state index in [1.54, 1.807) is 0 Å². The van der Waals surface area contributed by atoms with E-state index in [9.17, 15) is 19.8 Å².